The Labute approximate surface area is 105 Å². The molecule has 0 bridgehead atoms. The molecule has 0 heterocycles. The number of sulfonamides is 1. The normalized spacial score (nSPS) is 12.2. The second-order valence-corrected chi connectivity index (χ2v) is 5.20. The van der Waals surface area contributed by atoms with E-state index >= 15 is 0 Å². The average Bonchev–Trinajstić information content (AvgIpc) is 2.22. The lowest BCUT2D eigenvalue weighted by molar-refractivity contribution is -0.139. The summed E-state index contributed by atoms with van der Waals surface area (Å²) in [6, 6.07) is -1.90. The molecule has 1 atom stereocenters. The maximum atomic E-state index is 11.2. The Balaban J connectivity index is 3.97. The van der Waals surface area contributed by atoms with Gasteiger partial charge in [-0.1, -0.05) is 0 Å². The summed E-state index contributed by atoms with van der Waals surface area (Å²) in [5.41, 5.74) is 0. The van der Waals surface area contributed by atoms with Crippen molar-refractivity contribution in [1.82, 2.24) is 15.4 Å². The summed E-state index contributed by atoms with van der Waals surface area (Å²) < 4.78 is 23.5. The van der Waals surface area contributed by atoms with Crippen molar-refractivity contribution in [1.29, 1.82) is 0 Å². The summed E-state index contributed by atoms with van der Waals surface area (Å²) in [7, 11) is -3.31. The molecule has 0 aliphatic rings. The summed E-state index contributed by atoms with van der Waals surface area (Å²) in [6.45, 7) is 0.0421. The van der Waals surface area contributed by atoms with Gasteiger partial charge < -0.3 is 15.7 Å². The quantitative estimate of drug-likeness (QED) is 0.326. The van der Waals surface area contributed by atoms with Crippen molar-refractivity contribution in [2.45, 2.75) is 12.5 Å². The Morgan fingerprint density at radius 1 is 1.39 bits per heavy atom. The summed E-state index contributed by atoms with van der Waals surface area (Å²) in [4.78, 5) is 21.9. The van der Waals surface area contributed by atoms with E-state index in [1.54, 1.807) is 0 Å². The highest BCUT2D eigenvalue weighted by atomic mass is 32.2. The summed E-state index contributed by atoms with van der Waals surface area (Å²) in [5, 5.41) is 13.1. The molecule has 4 N–H and O–H groups in total. The fourth-order valence-corrected chi connectivity index (χ4v) is 1.41. The van der Waals surface area contributed by atoms with Crippen LogP contribution in [-0.4, -0.2) is 50.9 Å². The van der Waals surface area contributed by atoms with Gasteiger partial charge in [-0.15, -0.1) is 12.3 Å². The fourth-order valence-electron chi connectivity index (χ4n) is 0.940. The Bertz CT molecular complexity index is 440. The van der Waals surface area contributed by atoms with Crippen LogP contribution in [0.1, 0.15) is 6.42 Å². The van der Waals surface area contributed by atoms with Crippen LogP contribution < -0.4 is 15.4 Å². The number of carbonyl (C=O) groups is 2. The van der Waals surface area contributed by atoms with Gasteiger partial charge in [-0.05, 0) is 0 Å². The third-order valence-electron chi connectivity index (χ3n) is 1.70. The molecule has 0 aliphatic carbocycles. The van der Waals surface area contributed by atoms with E-state index in [1.807, 2.05) is 0 Å². The number of carboxylic acid groups (broad SMARTS) is 1. The first-order valence-electron chi connectivity index (χ1n) is 4.91. The maximum absolute atomic E-state index is 11.2. The molecule has 102 valence electrons. The molecule has 0 radical (unpaired) electrons. The van der Waals surface area contributed by atoms with Gasteiger partial charge in [0.2, 0.25) is 10.0 Å². The van der Waals surface area contributed by atoms with E-state index in [0.29, 0.717) is 0 Å². The number of hydrogen-bond donors (Lipinski definition) is 4. The molecule has 0 aromatic heterocycles. The maximum Gasteiger partial charge on any atom is 0.327 e. The first-order valence-corrected chi connectivity index (χ1v) is 6.80. The van der Waals surface area contributed by atoms with Crippen molar-refractivity contribution in [3.63, 3.8) is 0 Å². The first-order chi connectivity index (χ1) is 8.26. The topological polar surface area (TPSA) is 125 Å². The van der Waals surface area contributed by atoms with Crippen LogP contribution in [0.25, 0.3) is 0 Å². The molecule has 18 heavy (non-hydrogen) atoms. The number of rotatable bonds is 7. The Hall–Kier alpha value is -1.79. The van der Waals surface area contributed by atoms with Gasteiger partial charge in [0.05, 0.1) is 6.26 Å². The summed E-state index contributed by atoms with van der Waals surface area (Å²) in [6.07, 6.45) is 5.80. The Morgan fingerprint density at radius 2 is 2.00 bits per heavy atom. The van der Waals surface area contributed by atoms with Gasteiger partial charge in [0, 0.05) is 19.5 Å². The monoisotopic (exact) mass is 277 g/mol. The van der Waals surface area contributed by atoms with E-state index in [1.165, 1.54) is 0 Å². The van der Waals surface area contributed by atoms with Crippen molar-refractivity contribution >= 4 is 22.0 Å². The number of aliphatic carboxylic acids is 1. The second kappa shape index (κ2) is 7.52. The lowest BCUT2D eigenvalue weighted by Crippen LogP contribution is -2.47. The van der Waals surface area contributed by atoms with Crippen LogP contribution in [0, 0.1) is 12.3 Å². The van der Waals surface area contributed by atoms with Gasteiger partial charge >= 0.3 is 12.0 Å². The minimum absolute atomic E-state index is 0.0130. The van der Waals surface area contributed by atoms with Gasteiger partial charge in [-0.25, -0.2) is 22.7 Å². The van der Waals surface area contributed by atoms with Gasteiger partial charge in [-0.3, -0.25) is 0 Å². The summed E-state index contributed by atoms with van der Waals surface area (Å²) >= 11 is 0. The van der Waals surface area contributed by atoms with Gasteiger partial charge in [-0.2, -0.15) is 0 Å². The highest BCUT2D eigenvalue weighted by molar-refractivity contribution is 7.88. The van der Waals surface area contributed by atoms with Gasteiger partial charge in [0.1, 0.15) is 6.04 Å². The number of carbonyl (C=O) groups excluding carboxylic acids is 1. The second-order valence-electron chi connectivity index (χ2n) is 3.37. The van der Waals surface area contributed by atoms with E-state index in [-0.39, 0.29) is 19.5 Å². The number of carboxylic acids is 1. The van der Waals surface area contributed by atoms with Crippen LogP contribution >= 0.6 is 0 Å². The number of amides is 2. The zero-order valence-corrected chi connectivity index (χ0v) is 10.6. The van der Waals surface area contributed by atoms with Crippen LogP contribution in [0.4, 0.5) is 4.79 Å². The Morgan fingerprint density at radius 3 is 2.44 bits per heavy atom. The third kappa shape index (κ3) is 8.37. The molecule has 0 aromatic rings. The zero-order valence-electron chi connectivity index (χ0n) is 9.76. The number of hydrogen-bond acceptors (Lipinski definition) is 4. The van der Waals surface area contributed by atoms with Crippen LogP contribution in [0.2, 0.25) is 0 Å². The van der Waals surface area contributed by atoms with E-state index in [0.717, 1.165) is 6.26 Å². The van der Waals surface area contributed by atoms with Crippen molar-refractivity contribution in [2.75, 3.05) is 19.3 Å². The van der Waals surface area contributed by atoms with E-state index in [4.69, 9.17) is 11.5 Å². The number of terminal acetylenes is 1. The zero-order chi connectivity index (χ0) is 14.2. The molecule has 0 saturated heterocycles. The van der Waals surface area contributed by atoms with Crippen LogP contribution in [0.15, 0.2) is 0 Å². The molecule has 0 saturated carbocycles. The first kappa shape index (κ1) is 16.2. The van der Waals surface area contributed by atoms with Crippen molar-refractivity contribution < 1.29 is 23.1 Å². The standard InChI is InChI=1S/C9H15N3O5S/c1-3-4-7(8(13)14)12-9(15)10-5-6-11-18(2,16)17/h1,7,11H,4-6H2,2H3,(H,13,14)(H2,10,12,15). The SMILES string of the molecule is C#CCC(NC(=O)NCCNS(C)(=O)=O)C(=O)O. The molecule has 9 heteroatoms. The predicted octanol–water partition coefficient (Wildman–Crippen LogP) is -1.69. The average molecular weight is 277 g/mol. The lowest BCUT2D eigenvalue weighted by atomic mass is 10.2. The lowest BCUT2D eigenvalue weighted by Gasteiger charge is -2.12. The third-order valence-corrected chi connectivity index (χ3v) is 2.43. The van der Waals surface area contributed by atoms with Crippen molar-refractivity contribution in [3.8, 4) is 12.3 Å². The van der Waals surface area contributed by atoms with Crippen LogP contribution in [0.5, 0.6) is 0 Å². The number of nitrogens with one attached hydrogen (secondary N) is 3. The fraction of sp³-hybridized carbons (Fsp3) is 0.556. The Kier molecular flexibility index (Phi) is 6.77. The molecule has 0 spiro atoms. The molecule has 1 unspecified atom stereocenters. The highest BCUT2D eigenvalue weighted by Crippen LogP contribution is 1.90. The molecule has 8 nitrogen and oxygen atoms in total. The minimum atomic E-state index is -3.31. The van der Waals surface area contributed by atoms with Crippen molar-refractivity contribution in [2.24, 2.45) is 0 Å². The van der Waals surface area contributed by atoms with E-state index in [9.17, 15) is 18.0 Å². The molecular formula is C9H15N3O5S. The molecule has 0 fully saturated rings. The van der Waals surface area contributed by atoms with Crippen molar-refractivity contribution in [3.05, 3.63) is 0 Å². The molecule has 0 rings (SSSR count). The van der Waals surface area contributed by atoms with Gasteiger partial charge in [0.25, 0.3) is 0 Å². The van der Waals surface area contributed by atoms with E-state index < -0.39 is 28.1 Å². The van der Waals surface area contributed by atoms with Crippen LogP contribution in [0.3, 0.4) is 0 Å². The molecular weight excluding hydrogens is 262 g/mol. The smallest absolute Gasteiger partial charge is 0.327 e. The summed E-state index contributed by atoms with van der Waals surface area (Å²) in [5.74, 6) is 0.888. The van der Waals surface area contributed by atoms with E-state index in [2.05, 4.69) is 21.3 Å². The number of urea groups is 1. The molecule has 2 amide bonds. The van der Waals surface area contributed by atoms with Crippen LogP contribution in [-0.2, 0) is 14.8 Å². The highest BCUT2D eigenvalue weighted by Gasteiger charge is 2.18. The minimum Gasteiger partial charge on any atom is -0.480 e. The largest absolute Gasteiger partial charge is 0.480 e. The molecule has 0 aliphatic heterocycles. The predicted molar refractivity (Wildman–Crippen MR) is 64.3 cm³/mol. The van der Waals surface area contributed by atoms with Gasteiger partial charge in [0.15, 0.2) is 0 Å². The molecule has 0 aromatic carbocycles.